The Balaban J connectivity index is 2.17. The molecular weight excluding hydrogens is 259 g/mol. The molecule has 1 aromatic rings. The third-order valence-electron chi connectivity index (χ3n) is 2.89. The molecule has 1 amide bonds. The first-order valence-corrected chi connectivity index (χ1v) is 7.34. The number of nitrogens with one attached hydrogen (secondary N) is 1. The fourth-order valence-corrected chi connectivity index (χ4v) is 2.65. The van der Waals surface area contributed by atoms with Gasteiger partial charge in [0.05, 0.1) is 6.16 Å². The van der Waals surface area contributed by atoms with Crippen molar-refractivity contribution in [3.05, 3.63) is 11.9 Å². The lowest BCUT2D eigenvalue weighted by Gasteiger charge is -2.26. The van der Waals surface area contributed by atoms with Crippen LogP contribution in [0.4, 0.5) is 5.95 Å². The Morgan fingerprint density at radius 1 is 1.67 bits per heavy atom. The molecule has 0 spiro atoms. The molecule has 0 fully saturated rings. The monoisotopic (exact) mass is 274 g/mol. The molecule has 1 unspecified atom stereocenters. The first-order chi connectivity index (χ1) is 8.37. The van der Waals surface area contributed by atoms with Gasteiger partial charge in [-0.2, -0.15) is 0 Å². The number of amides is 1. The Hall–Kier alpha value is -1.37. The molecule has 1 aliphatic rings. The van der Waals surface area contributed by atoms with Gasteiger partial charge in [-0.25, -0.2) is 4.98 Å². The maximum atomic E-state index is 11.0. The Labute approximate surface area is 103 Å². The SMILES string of the molecule is NC(=O)c1cn2c(n1)NCCC2CCP(=O)(O)O. The van der Waals surface area contributed by atoms with Gasteiger partial charge in [0, 0.05) is 18.8 Å². The number of carbonyl (C=O) groups excluding carboxylic acids is 1. The molecule has 0 bridgehead atoms. The van der Waals surface area contributed by atoms with Gasteiger partial charge in [0.2, 0.25) is 5.95 Å². The van der Waals surface area contributed by atoms with E-state index in [2.05, 4.69) is 10.3 Å². The van der Waals surface area contributed by atoms with Gasteiger partial charge in [-0.15, -0.1) is 0 Å². The standard InChI is InChI=1S/C9H15N4O4P/c10-8(14)7-5-13-6(2-4-18(15,16)17)1-3-11-9(13)12-7/h5-6H,1-4H2,(H2,10,14)(H,11,12)(H2,15,16,17). The second-order valence-corrected chi connectivity index (χ2v) is 6.04. The zero-order valence-electron chi connectivity index (χ0n) is 9.61. The van der Waals surface area contributed by atoms with E-state index in [1.165, 1.54) is 6.20 Å². The Bertz CT molecular complexity index is 509. The zero-order chi connectivity index (χ0) is 13.3. The van der Waals surface area contributed by atoms with Crippen molar-refractivity contribution in [1.29, 1.82) is 0 Å². The Kier molecular flexibility index (Phi) is 3.43. The normalized spacial score (nSPS) is 19.1. The van der Waals surface area contributed by atoms with Gasteiger partial charge >= 0.3 is 7.60 Å². The van der Waals surface area contributed by atoms with Gasteiger partial charge in [0.1, 0.15) is 5.69 Å². The number of nitrogens with zero attached hydrogens (tertiary/aromatic N) is 2. The molecule has 5 N–H and O–H groups in total. The molecule has 18 heavy (non-hydrogen) atoms. The van der Waals surface area contributed by atoms with Crippen molar-refractivity contribution in [1.82, 2.24) is 9.55 Å². The predicted octanol–water partition coefficient (Wildman–Crippen LogP) is -0.0935. The van der Waals surface area contributed by atoms with E-state index in [0.29, 0.717) is 18.9 Å². The molecule has 100 valence electrons. The highest BCUT2D eigenvalue weighted by molar-refractivity contribution is 7.51. The number of hydrogen-bond donors (Lipinski definition) is 4. The minimum absolute atomic E-state index is 0.0746. The first-order valence-electron chi connectivity index (χ1n) is 5.54. The van der Waals surface area contributed by atoms with E-state index >= 15 is 0 Å². The van der Waals surface area contributed by atoms with Crippen LogP contribution >= 0.6 is 7.60 Å². The van der Waals surface area contributed by atoms with Crippen LogP contribution in [-0.2, 0) is 4.57 Å². The summed E-state index contributed by atoms with van der Waals surface area (Å²) in [5.74, 6) is -0.0989. The molecule has 0 radical (unpaired) electrons. The number of fused-ring (bicyclic) bond motifs is 1. The molecule has 2 rings (SSSR count). The molecule has 8 nitrogen and oxygen atoms in total. The van der Waals surface area contributed by atoms with E-state index in [1.54, 1.807) is 4.57 Å². The maximum Gasteiger partial charge on any atom is 0.325 e. The van der Waals surface area contributed by atoms with Crippen LogP contribution in [0.15, 0.2) is 6.20 Å². The highest BCUT2D eigenvalue weighted by Crippen LogP contribution is 2.38. The van der Waals surface area contributed by atoms with Gasteiger partial charge in [-0.3, -0.25) is 9.36 Å². The zero-order valence-corrected chi connectivity index (χ0v) is 10.5. The van der Waals surface area contributed by atoms with Crippen molar-refractivity contribution < 1.29 is 19.1 Å². The van der Waals surface area contributed by atoms with Crippen molar-refractivity contribution >= 4 is 19.5 Å². The fourth-order valence-electron chi connectivity index (χ4n) is 2.01. The van der Waals surface area contributed by atoms with E-state index in [4.69, 9.17) is 15.5 Å². The van der Waals surface area contributed by atoms with E-state index in [9.17, 15) is 9.36 Å². The van der Waals surface area contributed by atoms with Crippen molar-refractivity contribution in [3.8, 4) is 0 Å². The summed E-state index contributed by atoms with van der Waals surface area (Å²) in [7, 11) is -4.00. The molecule has 2 heterocycles. The van der Waals surface area contributed by atoms with Gasteiger partial charge < -0.3 is 25.4 Å². The lowest BCUT2D eigenvalue weighted by molar-refractivity contribution is 0.0996. The summed E-state index contributed by atoms with van der Waals surface area (Å²) in [4.78, 5) is 32.8. The van der Waals surface area contributed by atoms with Crippen LogP contribution in [0, 0.1) is 0 Å². The van der Waals surface area contributed by atoms with E-state index in [0.717, 1.165) is 6.42 Å². The van der Waals surface area contributed by atoms with Gasteiger partial charge in [-0.1, -0.05) is 0 Å². The summed E-state index contributed by atoms with van der Waals surface area (Å²) in [5, 5.41) is 3.02. The average molecular weight is 274 g/mol. The highest BCUT2D eigenvalue weighted by Gasteiger charge is 2.25. The van der Waals surface area contributed by atoms with Crippen molar-refractivity contribution in [3.63, 3.8) is 0 Å². The minimum atomic E-state index is -4.00. The molecule has 1 aromatic heterocycles. The summed E-state index contributed by atoms with van der Waals surface area (Å²) in [5.41, 5.74) is 5.30. The molecule has 0 saturated heterocycles. The number of hydrogen-bond acceptors (Lipinski definition) is 4. The lowest BCUT2D eigenvalue weighted by atomic mass is 10.1. The third-order valence-corrected chi connectivity index (χ3v) is 3.73. The molecule has 1 aliphatic heterocycles. The van der Waals surface area contributed by atoms with Crippen LogP contribution in [0.2, 0.25) is 0 Å². The molecule has 0 saturated carbocycles. The number of aromatic nitrogens is 2. The minimum Gasteiger partial charge on any atom is -0.364 e. The van der Waals surface area contributed by atoms with Crippen LogP contribution in [0.1, 0.15) is 29.4 Å². The molecular formula is C9H15N4O4P. The summed E-state index contributed by atoms with van der Waals surface area (Å²) < 4.78 is 12.6. The molecule has 0 aromatic carbocycles. The van der Waals surface area contributed by atoms with Gasteiger partial charge in [-0.05, 0) is 12.8 Å². The summed E-state index contributed by atoms with van der Waals surface area (Å²) in [6.07, 6.45) is 2.41. The lowest BCUT2D eigenvalue weighted by Crippen LogP contribution is -2.23. The number of carbonyl (C=O) groups is 1. The van der Waals surface area contributed by atoms with E-state index in [-0.39, 0.29) is 17.9 Å². The quantitative estimate of drug-likeness (QED) is 0.567. The van der Waals surface area contributed by atoms with Crippen LogP contribution in [0.3, 0.4) is 0 Å². The highest BCUT2D eigenvalue weighted by atomic mass is 31.2. The van der Waals surface area contributed by atoms with Crippen LogP contribution in [0.25, 0.3) is 0 Å². The number of imidazole rings is 1. The molecule has 0 aliphatic carbocycles. The number of nitrogens with two attached hydrogens (primary N) is 1. The Morgan fingerprint density at radius 2 is 2.39 bits per heavy atom. The summed E-state index contributed by atoms with van der Waals surface area (Å²) in [6.45, 7) is 0.654. The molecule has 9 heteroatoms. The first kappa shape index (κ1) is 13.1. The maximum absolute atomic E-state index is 11.0. The largest absolute Gasteiger partial charge is 0.364 e. The topological polar surface area (TPSA) is 130 Å². The summed E-state index contributed by atoms with van der Waals surface area (Å²) in [6, 6.07) is -0.0746. The van der Waals surface area contributed by atoms with E-state index < -0.39 is 13.5 Å². The third kappa shape index (κ3) is 2.90. The van der Waals surface area contributed by atoms with Gasteiger partial charge in [0.15, 0.2) is 0 Å². The second-order valence-electron chi connectivity index (χ2n) is 4.27. The number of anilines is 1. The Morgan fingerprint density at radius 3 is 3.00 bits per heavy atom. The fraction of sp³-hybridized carbons (Fsp3) is 0.556. The van der Waals surface area contributed by atoms with Crippen molar-refractivity contribution in [2.75, 3.05) is 18.0 Å². The smallest absolute Gasteiger partial charge is 0.325 e. The van der Waals surface area contributed by atoms with Crippen LogP contribution in [0.5, 0.6) is 0 Å². The number of rotatable bonds is 4. The summed E-state index contributed by atoms with van der Waals surface area (Å²) >= 11 is 0. The van der Waals surface area contributed by atoms with Gasteiger partial charge in [0.25, 0.3) is 5.91 Å². The molecule has 1 atom stereocenters. The predicted molar refractivity (Wildman–Crippen MR) is 64.4 cm³/mol. The number of primary amides is 1. The van der Waals surface area contributed by atoms with E-state index in [1.807, 2.05) is 0 Å². The second kappa shape index (κ2) is 4.72. The van der Waals surface area contributed by atoms with Crippen LogP contribution < -0.4 is 11.1 Å². The van der Waals surface area contributed by atoms with Crippen LogP contribution in [-0.4, -0.2) is 38.0 Å². The van der Waals surface area contributed by atoms with Crippen molar-refractivity contribution in [2.24, 2.45) is 5.73 Å². The van der Waals surface area contributed by atoms with Crippen molar-refractivity contribution in [2.45, 2.75) is 18.9 Å². The average Bonchev–Trinajstić information content (AvgIpc) is 2.69.